The number of fused-ring (bicyclic) bond motifs is 1. The van der Waals surface area contributed by atoms with Crippen LogP contribution in [0.3, 0.4) is 0 Å². The third-order valence-corrected chi connectivity index (χ3v) is 3.07. The Balaban J connectivity index is 3.01. The zero-order valence-electron chi connectivity index (χ0n) is 10.7. The van der Waals surface area contributed by atoms with Crippen LogP contribution in [0.2, 0.25) is 0 Å². The van der Waals surface area contributed by atoms with Crippen molar-refractivity contribution in [1.82, 2.24) is 4.57 Å². The lowest BCUT2D eigenvalue weighted by Gasteiger charge is -2.16. The Kier molecular flexibility index (Phi) is 2.92. The van der Waals surface area contributed by atoms with Crippen LogP contribution in [-0.2, 0) is 7.05 Å². The maximum atomic E-state index is 12.3. The summed E-state index contributed by atoms with van der Waals surface area (Å²) in [6.45, 7) is 4.02. The highest BCUT2D eigenvalue weighted by molar-refractivity contribution is 5.86. The highest BCUT2D eigenvalue weighted by Crippen LogP contribution is 2.30. The van der Waals surface area contributed by atoms with Crippen molar-refractivity contribution in [3.05, 3.63) is 40.2 Å². The second-order valence-corrected chi connectivity index (χ2v) is 4.48. The summed E-state index contributed by atoms with van der Waals surface area (Å²) in [7, 11) is 3.42. The van der Waals surface area contributed by atoms with Crippen LogP contribution in [-0.4, -0.2) is 11.7 Å². The zero-order chi connectivity index (χ0) is 12.6. The highest BCUT2D eigenvalue weighted by Gasteiger charge is 2.17. The van der Waals surface area contributed by atoms with Crippen LogP contribution in [0, 0.1) is 0 Å². The predicted octanol–water partition coefficient (Wildman–Crippen LogP) is 2.67. The van der Waals surface area contributed by atoms with Gasteiger partial charge in [-0.1, -0.05) is 26.0 Å². The second kappa shape index (κ2) is 4.24. The number of hydrogen-bond donors (Lipinski definition) is 0. The molecule has 90 valence electrons. The van der Waals surface area contributed by atoms with Crippen molar-refractivity contribution in [1.29, 1.82) is 0 Å². The molecule has 0 spiro atoms. The first-order valence-electron chi connectivity index (χ1n) is 5.73. The molecule has 0 saturated heterocycles. The molecule has 0 N–H and O–H groups in total. The lowest BCUT2D eigenvalue weighted by atomic mass is 10.0. The summed E-state index contributed by atoms with van der Waals surface area (Å²) in [5, 5.41) is 0.987. The number of methoxy groups -OCH3 is 1. The standard InChI is InChI=1S/C14H17NO2/c1-9(2)12-13(17-4)10-7-5-6-8-11(10)15(3)14(12)16/h5-9H,1-4H3. The Morgan fingerprint density at radius 1 is 1.24 bits per heavy atom. The van der Waals surface area contributed by atoms with Gasteiger partial charge in [0.1, 0.15) is 5.75 Å². The Hall–Kier alpha value is -1.77. The molecule has 1 aromatic heterocycles. The molecule has 17 heavy (non-hydrogen) atoms. The van der Waals surface area contributed by atoms with Gasteiger partial charge in [0.2, 0.25) is 0 Å². The summed E-state index contributed by atoms with van der Waals surface area (Å²) in [4.78, 5) is 12.3. The van der Waals surface area contributed by atoms with E-state index in [1.807, 2.05) is 38.1 Å². The topological polar surface area (TPSA) is 31.2 Å². The van der Waals surface area contributed by atoms with Crippen molar-refractivity contribution in [3.8, 4) is 5.75 Å². The fourth-order valence-electron chi connectivity index (χ4n) is 2.22. The van der Waals surface area contributed by atoms with Gasteiger partial charge in [-0.05, 0) is 18.1 Å². The van der Waals surface area contributed by atoms with Gasteiger partial charge in [-0.3, -0.25) is 4.79 Å². The molecule has 0 bridgehead atoms. The largest absolute Gasteiger partial charge is 0.496 e. The maximum Gasteiger partial charge on any atom is 0.257 e. The van der Waals surface area contributed by atoms with Gasteiger partial charge in [-0.2, -0.15) is 0 Å². The molecule has 0 fully saturated rings. The molecule has 0 aliphatic carbocycles. The first-order chi connectivity index (χ1) is 8.07. The molecule has 0 aliphatic heterocycles. The molecule has 0 amide bonds. The molecule has 2 rings (SSSR count). The minimum atomic E-state index is 0.0237. The van der Waals surface area contributed by atoms with Gasteiger partial charge < -0.3 is 9.30 Å². The van der Waals surface area contributed by atoms with Crippen LogP contribution in [0.15, 0.2) is 29.1 Å². The molecular weight excluding hydrogens is 214 g/mol. The fourth-order valence-corrected chi connectivity index (χ4v) is 2.22. The van der Waals surface area contributed by atoms with Crippen LogP contribution in [0.5, 0.6) is 5.75 Å². The number of ether oxygens (including phenoxy) is 1. The minimum absolute atomic E-state index is 0.0237. The monoisotopic (exact) mass is 231 g/mol. The normalized spacial score (nSPS) is 11.1. The summed E-state index contributed by atoms with van der Waals surface area (Å²) in [6, 6.07) is 7.80. The van der Waals surface area contributed by atoms with E-state index >= 15 is 0 Å². The zero-order valence-corrected chi connectivity index (χ0v) is 10.7. The summed E-state index contributed by atoms with van der Waals surface area (Å²) in [5.74, 6) is 0.854. The molecular formula is C14H17NO2. The highest BCUT2D eigenvalue weighted by atomic mass is 16.5. The smallest absolute Gasteiger partial charge is 0.257 e. The number of aryl methyl sites for hydroxylation is 1. The summed E-state index contributed by atoms with van der Waals surface area (Å²) in [6.07, 6.45) is 0. The molecule has 0 aliphatic rings. The molecule has 3 nitrogen and oxygen atoms in total. The number of pyridine rings is 1. The fraction of sp³-hybridized carbons (Fsp3) is 0.357. The Labute approximate surface area is 101 Å². The number of benzene rings is 1. The average molecular weight is 231 g/mol. The molecule has 2 aromatic rings. The molecule has 3 heteroatoms. The first-order valence-corrected chi connectivity index (χ1v) is 5.73. The van der Waals surface area contributed by atoms with E-state index in [4.69, 9.17) is 4.74 Å². The number of para-hydroxylation sites is 1. The summed E-state index contributed by atoms with van der Waals surface area (Å²) < 4.78 is 7.13. The van der Waals surface area contributed by atoms with Crippen molar-refractivity contribution < 1.29 is 4.74 Å². The number of hydrogen-bond acceptors (Lipinski definition) is 2. The van der Waals surface area contributed by atoms with E-state index in [-0.39, 0.29) is 11.5 Å². The van der Waals surface area contributed by atoms with E-state index in [9.17, 15) is 4.79 Å². The lowest BCUT2D eigenvalue weighted by Crippen LogP contribution is -2.23. The van der Waals surface area contributed by atoms with Crippen molar-refractivity contribution in [2.45, 2.75) is 19.8 Å². The first kappa shape index (κ1) is 11.7. The molecule has 0 atom stereocenters. The Morgan fingerprint density at radius 3 is 2.47 bits per heavy atom. The van der Waals surface area contributed by atoms with Gasteiger partial charge in [0, 0.05) is 12.4 Å². The van der Waals surface area contributed by atoms with Crippen molar-refractivity contribution in [2.24, 2.45) is 7.05 Å². The van der Waals surface area contributed by atoms with Crippen LogP contribution in [0.1, 0.15) is 25.3 Å². The van der Waals surface area contributed by atoms with E-state index in [1.54, 1.807) is 18.7 Å². The predicted molar refractivity (Wildman–Crippen MR) is 69.8 cm³/mol. The molecule has 1 heterocycles. The average Bonchev–Trinajstić information content (AvgIpc) is 2.33. The summed E-state index contributed by atoms with van der Waals surface area (Å²) in [5.41, 5.74) is 1.67. The van der Waals surface area contributed by atoms with Gasteiger partial charge in [0.05, 0.1) is 18.2 Å². The van der Waals surface area contributed by atoms with Crippen molar-refractivity contribution in [2.75, 3.05) is 7.11 Å². The van der Waals surface area contributed by atoms with Crippen molar-refractivity contribution in [3.63, 3.8) is 0 Å². The molecule has 0 unspecified atom stereocenters. The Bertz CT molecular complexity index is 611. The SMILES string of the molecule is COc1c(C(C)C)c(=O)n(C)c2ccccc12. The third-order valence-electron chi connectivity index (χ3n) is 3.07. The quantitative estimate of drug-likeness (QED) is 0.795. The van der Waals surface area contributed by atoms with E-state index in [0.29, 0.717) is 5.75 Å². The van der Waals surface area contributed by atoms with E-state index in [0.717, 1.165) is 16.5 Å². The number of aromatic nitrogens is 1. The van der Waals surface area contributed by atoms with E-state index < -0.39 is 0 Å². The van der Waals surface area contributed by atoms with E-state index in [1.165, 1.54) is 0 Å². The van der Waals surface area contributed by atoms with E-state index in [2.05, 4.69) is 0 Å². The van der Waals surface area contributed by atoms with Gasteiger partial charge in [-0.15, -0.1) is 0 Å². The molecule has 0 radical (unpaired) electrons. The van der Waals surface area contributed by atoms with Crippen LogP contribution >= 0.6 is 0 Å². The van der Waals surface area contributed by atoms with Gasteiger partial charge in [0.15, 0.2) is 0 Å². The number of nitrogens with zero attached hydrogens (tertiary/aromatic N) is 1. The van der Waals surface area contributed by atoms with Gasteiger partial charge in [-0.25, -0.2) is 0 Å². The number of rotatable bonds is 2. The van der Waals surface area contributed by atoms with Crippen LogP contribution < -0.4 is 10.3 Å². The van der Waals surface area contributed by atoms with Crippen LogP contribution in [0.25, 0.3) is 10.9 Å². The second-order valence-electron chi connectivity index (χ2n) is 4.48. The minimum Gasteiger partial charge on any atom is -0.496 e. The van der Waals surface area contributed by atoms with Gasteiger partial charge in [0.25, 0.3) is 5.56 Å². The summed E-state index contributed by atoms with van der Waals surface area (Å²) >= 11 is 0. The van der Waals surface area contributed by atoms with Crippen molar-refractivity contribution >= 4 is 10.9 Å². The lowest BCUT2D eigenvalue weighted by molar-refractivity contribution is 0.410. The molecule has 0 saturated carbocycles. The molecule has 1 aromatic carbocycles. The van der Waals surface area contributed by atoms with Crippen LogP contribution in [0.4, 0.5) is 0 Å². The maximum absolute atomic E-state index is 12.3. The van der Waals surface area contributed by atoms with Gasteiger partial charge >= 0.3 is 0 Å². The Morgan fingerprint density at radius 2 is 1.88 bits per heavy atom. The third kappa shape index (κ3) is 1.71.